The molecule has 1 atom stereocenters. The van der Waals surface area contributed by atoms with E-state index < -0.39 is 6.04 Å². The number of aromatic nitrogens is 1. The van der Waals surface area contributed by atoms with Crippen LogP contribution < -0.4 is 20.7 Å². The highest BCUT2D eigenvalue weighted by atomic mass is 35.5. The van der Waals surface area contributed by atoms with E-state index in [4.69, 9.17) is 38.5 Å². The van der Waals surface area contributed by atoms with Crippen molar-refractivity contribution in [1.82, 2.24) is 10.4 Å². The number of pyridine rings is 1. The molecule has 0 aliphatic rings. The Morgan fingerprint density at radius 2 is 1.86 bits per heavy atom. The number of ether oxygens (including phenoxy) is 2. The van der Waals surface area contributed by atoms with E-state index in [-0.39, 0.29) is 0 Å². The standard InChI is InChI=1S/C14H15Cl2N3O2/c1-20-11-4-3-8(5-12(11)21-2)13(19-17)14-10(16)6-9(15)7-18-14/h3-7,13,19H,17H2,1-2H3. The molecule has 7 heteroatoms. The maximum absolute atomic E-state index is 6.19. The molecule has 112 valence electrons. The normalized spacial score (nSPS) is 12.0. The number of nitrogens with zero attached hydrogens (tertiary/aromatic N) is 1. The van der Waals surface area contributed by atoms with Crippen LogP contribution >= 0.6 is 23.2 Å². The Kier molecular flexibility index (Phi) is 5.25. The molecule has 3 N–H and O–H groups in total. The van der Waals surface area contributed by atoms with Crippen molar-refractivity contribution in [3.63, 3.8) is 0 Å². The summed E-state index contributed by atoms with van der Waals surface area (Å²) in [5.41, 5.74) is 4.12. The van der Waals surface area contributed by atoms with Crippen LogP contribution in [0.25, 0.3) is 0 Å². The Hall–Kier alpha value is -1.53. The number of benzene rings is 1. The SMILES string of the molecule is COc1ccc(C(NN)c2ncc(Cl)cc2Cl)cc1OC. The van der Waals surface area contributed by atoms with Crippen LogP contribution in [0.5, 0.6) is 11.5 Å². The molecule has 0 saturated heterocycles. The Balaban J connectivity index is 2.46. The molecule has 0 radical (unpaired) electrons. The third-order valence-electron chi connectivity index (χ3n) is 3.02. The summed E-state index contributed by atoms with van der Waals surface area (Å²) in [4.78, 5) is 4.24. The molecule has 0 bridgehead atoms. The Morgan fingerprint density at radius 1 is 1.14 bits per heavy atom. The molecule has 0 saturated carbocycles. The van der Waals surface area contributed by atoms with Crippen molar-refractivity contribution < 1.29 is 9.47 Å². The summed E-state index contributed by atoms with van der Waals surface area (Å²) in [5, 5.41) is 0.895. The van der Waals surface area contributed by atoms with E-state index in [1.54, 1.807) is 26.4 Å². The van der Waals surface area contributed by atoms with Gasteiger partial charge < -0.3 is 9.47 Å². The summed E-state index contributed by atoms with van der Waals surface area (Å²) in [6.07, 6.45) is 1.52. The zero-order valence-corrected chi connectivity index (χ0v) is 13.1. The smallest absolute Gasteiger partial charge is 0.161 e. The molecule has 1 aromatic carbocycles. The maximum Gasteiger partial charge on any atom is 0.161 e. The lowest BCUT2D eigenvalue weighted by Gasteiger charge is -2.18. The minimum absolute atomic E-state index is 0.394. The van der Waals surface area contributed by atoms with Gasteiger partial charge in [-0.1, -0.05) is 29.3 Å². The van der Waals surface area contributed by atoms with Gasteiger partial charge in [0.1, 0.15) is 0 Å². The van der Waals surface area contributed by atoms with Crippen LogP contribution in [0.4, 0.5) is 0 Å². The molecular weight excluding hydrogens is 313 g/mol. The lowest BCUT2D eigenvalue weighted by Crippen LogP contribution is -2.29. The van der Waals surface area contributed by atoms with Crippen molar-refractivity contribution in [3.8, 4) is 11.5 Å². The van der Waals surface area contributed by atoms with Crippen LogP contribution in [0.15, 0.2) is 30.5 Å². The summed E-state index contributed by atoms with van der Waals surface area (Å²) >= 11 is 12.0. The predicted octanol–water partition coefficient (Wildman–Crippen LogP) is 2.96. The van der Waals surface area contributed by atoms with Crippen molar-refractivity contribution in [2.75, 3.05) is 14.2 Å². The molecule has 1 aromatic heterocycles. The molecule has 2 rings (SSSR count). The number of hydrogen-bond donors (Lipinski definition) is 2. The molecule has 5 nitrogen and oxygen atoms in total. The van der Waals surface area contributed by atoms with E-state index in [9.17, 15) is 0 Å². The van der Waals surface area contributed by atoms with Gasteiger partial charge in [0, 0.05) is 6.20 Å². The van der Waals surface area contributed by atoms with Gasteiger partial charge in [0.05, 0.1) is 36.0 Å². The fourth-order valence-electron chi connectivity index (χ4n) is 2.00. The average Bonchev–Trinajstić information content (AvgIpc) is 2.49. The first-order valence-electron chi connectivity index (χ1n) is 6.09. The second kappa shape index (κ2) is 6.95. The Morgan fingerprint density at radius 3 is 2.43 bits per heavy atom. The molecule has 0 aliphatic heterocycles. The molecule has 0 spiro atoms. The molecule has 21 heavy (non-hydrogen) atoms. The van der Waals surface area contributed by atoms with E-state index in [0.29, 0.717) is 27.2 Å². The number of halogens is 2. The van der Waals surface area contributed by atoms with Gasteiger partial charge in [0.25, 0.3) is 0 Å². The number of hydrazine groups is 1. The zero-order valence-electron chi connectivity index (χ0n) is 11.6. The Bertz CT molecular complexity index is 638. The first-order valence-corrected chi connectivity index (χ1v) is 6.85. The lowest BCUT2D eigenvalue weighted by atomic mass is 10.0. The van der Waals surface area contributed by atoms with Crippen molar-refractivity contribution >= 4 is 23.2 Å². The van der Waals surface area contributed by atoms with Crippen LogP contribution in [0, 0.1) is 0 Å². The topological polar surface area (TPSA) is 69.4 Å². The summed E-state index contributed by atoms with van der Waals surface area (Å²) < 4.78 is 10.5. The highest BCUT2D eigenvalue weighted by Crippen LogP contribution is 2.33. The number of hydrogen-bond acceptors (Lipinski definition) is 5. The predicted molar refractivity (Wildman–Crippen MR) is 83.0 cm³/mol. The van der Waals surface area contributed by atoms with Gasteiger partial charge in [-0.3, -0.25) is 10.8 Å². The van der Waals surface area contributed by atoms with Crippen molar-refractivity contribution in [1.29, 1.82) is 0 Å². The largest absolute Gasteiger partial charge is 0.493 e. The molecule has 0 amide bonds. The van der Waals surface area contributed by atoms with Crippen LogP contribution in [0.2, 0.25) is 10.0 Å². The minimum Gasteiger partial charge on any atom is -0.493 e. The second-order valence-electron chi connectivity index (χ2n) is 4.23. The number of rotatable bonds is 5. The van der Waals surface area contributed by atoms with Crippen LogP contribution in [0.1, 0.15) is 17.3 Å². The van der Waals surface area contributed by atoms with Gasteiger partial charge >= 0.3 is 0 Å². The molecule has 1 unspecified atom stereocenters. The molecule has 0 aliphatic carbocycles. The minimum atomic E-state index is -0.394. The van der Waals surface area contributed by atoms with Crippen LogP contribution in [0.3, 0.4) is 0 Å². The van der Waals surface area contributed by atoms with Crippen molar-refractivity contribution in [2.24, 2.45) is 5.84 Å². The van der Waals surface area contributed by atoms with Crippen molar-refractivity contribution in [3.05, 3.63) is 51.8 Å². The van der Waals surface area contributed by atoms with E-state index in [1.807, 2.05) is 12.1 Å². The summed E-state index contributed by atoms with van der Waals surface area (Å²) in [5.74, 6) is 6.88. The van der Waals surface area contributed by atoms with Gasteiger partial charge in [0.2, 0.25) is 0 Å². The highest BCUT2D eigenvalue weighted by molar-refractivity contribution is 6.34. The number of methoxy groups -OCH3 is 2. The highest BCUT2D eigenvalue weighted by Gasteiger charge is 2.19. The van der Waals surface area contributed by atoms with Crippen LogP contribution in [-0.4, -0.2) is 19.2 Å². The third-order valence-corrected chi connectivity index (χ3v) is 3.53. The maximum atomic E-state index is 6.19. The van der Waals surface area contributed by atoms with E-state index in [2.05, 4.69) is 10.4 Å². The summed E-state index contributed by atoms with van der Waals surface area (Å²) in [6.45, 7) is 0. The molecule has 2 aromatic rings. The third kappa shape index (κ3) is 3.39. The van der Waals surface area contributed by atoms with Gasteiger partial charge in [-0.05, 0) is 23.8 Å². The molecule has 1 heterocycles. The van der Waals surface area contributed by atoms with E-state index >= 15 is 0 Å². The van der Waals surface area contributed by atoms with Crippen LogP contribution in [-0.2, 0) is 0 Å². The van der Waals surface area contributed by atoms with Gasteiger partial charge in [-0.15, -0.1) is 0 Å². The quantitative estimate of drug-likeness (QED) is 0.652. The number of nitrogens with one attached hydrogen (secondary N) is 1. The molecule has 0 fully saturated rings. The van der Waals surface area contributed by atoms with Crippen molar-refractivity contribution in [2.45, 2.75) is 6.04 Å². The van der Waals surface area contributed by atoms with Gasteiger partial charge in [-0.2, -0.15) is 0 Å². The van der Waals surface area contributed by atoms with Gasteiger partial charge in [-0.25, -0.2) is 5.43 Å². The number of nitrogens with two attached hydrogens (primary N) is 1. The fraction of sp³-hybridized carbons (Fsp3) is 0.214. The lowest BCUT2D eigenvalue weighted by molar-refractivity contribution is 0.354. The first kappa shape index (κ1) is 15.9. The molecular formula is C14H15Cl2N3O2. The monoisotopic (exact) mass is 327 g/mol. The Labute approximate surface area is 132 Å². The summed E-state index contributed by atoms with van der Waals surface area (Å²) in [6, 6.07) is 6.70. The van der Waals surface area contributed by atoms with Gasteiger partial charge in [0.15, 0.2) is 11.5 Å². The fourth-order valence-corrected chi connectivity index (χ4v) is 2.49. The van der Waals surface area contributed by atoms with E-state index in [1.165, 1.54) is 6.20 Å². The van der Waals surface area contributed by atoms with E-state index in [0.717, 1.165) is 5.56 Å². The second-order valence-corrected chi connectivity index (χ2v) is 5.08. The average molecular weight is 328 g/mol. The summed E-state index contributed by atoms with van der Waals surface area (Å²) in [7, 11) is 3.15. The first-order chi connectivity index (χ1) is 10.1. The zero-order chi connectivity index (χ0) is 15.4.